The van der Waals surface area contributed by atoms with Gasteiger partial charge >= 0.3 is 10.4 Å². The van der Waals surface area contributed by atoms with Gasteiger partial charge in [0.25, 0.3) is 35.9 Å². The number of nitrogens with one attached hydrogen (secondary N) is 1. The first kappa shape index (κ1) is 66.1. The molecule has 0 aliphatic carbocycles. The topological polar surface area (TPSA) is 565 Å². The third-order valence-electron chi connectivity index (χ3n) is 11.7. The minimum Gasteiger partial charge on any atom is -0.505 e. The number of non-ortho nitro benzene ring substituents is 1. The molecule has 0 bridgehead atoms. The Morgan fingerprint density at radius 3 is 1.53 bits per heavy atom. The first-order valence-corrected chi connectivity index (χ1v) is 32.3. The smallest absolute Gasteiger partial charge is 0.397 e. The Labute approximate surface area is 507 Å². The van der Waals surface area contributed by atoms with Crippen molar-refractivity contribution in [1.82, 2.24) is 0 Å². The molecule has 0 saturated heterocycles. The van der Waals surface area contributed by atoms with E-state index in [-0.39, 0.29) is 82.2 Å². The Balaban J connectivity index is 1.03. The summed E-state index contributed by atoms with van der Waals surface area (Å²) in [5.41, 5.74) is 9.47. The SMILES string of the molecule is Nc1c(N=Nc2ccc([N+](=O)[O-])cc2)c(SOOO)cc2cc(S(=O)(=O)O)c(N=Nc3ccc(S(=O)(=O)Nc4ccc(N=Nc5c(SOOO)cc6c(S(=O)(=O)O)cc(N=Nc7ccc(S(=O)(=O)CCOS(=O)(=O)O)cc7)c(N)c6c5O)cc4)cc3)c(O)c12. The number of nitrogen functional groups attached to an aromatic ring is 2. The van der Waals surface area contributed by atoms with Gasteiger partial charge in [-0.25, -0.2) is 31.5 Å². The molecule has 0 unspecified atom stereocenters. The lowest BCUT2D eigenvalue weighted by molar-refractivity contribution is -0.432. The van der Waals surface area contributed by atoms with Crippen molar-refractivity contribution in [3.8, 4) is 11.5 Å². The molecule has 0 aliphatic heterocycles. The van der Waals surface area contributed by atoms with Crippen molar-refractivity contribution in [3.05, 3.63) is 131 Å². The Morgan fingerprint density at radius 2 is 1.01 bits per heavy atom. The van der Waals surface area contributed by atoms with Crippen LogP contribution in [0.3, 0.4) is 0 Å². The number of nitrogens with zero attached hydrogens (tertiary/aromatic N) is 9. The number of rotatable bonds is 25. The zero-order valence-electron chi connectivity index (χ0n) is 43.6. The van der Waals surface area contributed by atoms with Crippen molar-refractivity contribution in [2.75, 3.05) is 28.5 Å². The van der Waals surface area contributed by atoms with Crippen molar-refractivity contribution >= 4 is 164 Å². The normalized spacial score (nSPS) is 12.8. The van der Waals surface area contributed by atoms with E-state index < -0.39 is 128 Å². The maximum Gasteiger partial charge on any atom is 0.397 e. The second-order valence-electron chi connectivity index (χ2n) is 17.3. The number of sulfone groups is 1. The third kappa shape index (κ3) is 15.9. The molecular weight excluding hydrogens is 1330 g/mol. The Morgan fingerprint density at radius 1 is 0.539 bits per heavy atom. The molecule has 0 heterocycles. The fraction of sp³-hybridized carbons (Fsp3) is 0.0435. The van der Waals surface area contributed by atoms with Crippen LogP contribution in [0.5, 0.6) is 11.5 Å². The number of hydrogen-bond donors (Lipinski definition) is 10. The first-order chi connectivity index (χ1) is 41.9. The molecule has 0 aromatic heterocycles. The van der Waals surface area contributed by atoms with Gasteiger partial charge in [-0.2, -0.15) is 45.7 Å². The van der Waals surface area contributed by atoms with Crippen molar-refractivity contribution in [2.45, 2.75) is 29.4 Å². The van der Waals surface area contributed by atoms with Gasteiger partial charge in [0.1, 0.15) is 32.5 Å². The summed E-state index contributed by atoms with van der Waals surface area (Å²) in [4.78, 5) is 7.51. The summed E-state index contributed by atoms with van der Waals surface area (Å²) < 4.78 is 169. The predicted octanol–water partition coefficient (Wildman–Crippen LogP) is 10.9. The van der Waals surface area contributed by atoms with E-state index in [0.29, 0.717) is 12.0 Å². The molecule has 0 spiro atoms. The molecule has 89 heavy (non-hydrogen) atoms. The van der Waals surface area contributed by atoms with Crippen molar-refractivity contribution in [3.63, 3.8) is 0 Å². The number of nitrogens with two attached hydrogens (primary N) is 2. The summed E-state index contributed by atoms with van der Waals surface area (Å²) >= 11 is 0.486. The number of hydrogen-bond acceptors (Lipinski definition) is 33. The van der Waals surface area contributed by atoms with E-state index in [1.807, 2.05) is 0 Å². The Bertz CT molecular complexity index is 4820. The van der Waals surface area contributed by atoms with Crippen molar-refractivity contribution in [2.24, 2.45) is 40.9 Å². The maximum absolute atomic E-state index is 13.5. The van der Waals surface area contributed by atoms with Crippen molar-refractivity contribution in [1.29, 1.82) is 0 Å². The van der Waals surface area contributed by atoms with E-state index in [9.17, 15) is 71.5 Å². The number of azo groups is 4. The lowest BCUT2D eigenvalue weighted by Crippen LogP contribution is -2.15. The fourth-order valence-corrected chi connectivity index (χ4v) is 12.6. The molecule has 0 radical (unpaired) electrons. The molecule has 0 amide bonds. The number of phenols is 2. The van der Waals surface area contributed by atoms with Gasteiger partial charge in [0.2, 0.25) is 0 Å². The number of anilines is 3. The second kappa shape index (κ2) is 26.8. The van der Waals surface area contributed by atoms with Crippen LogP contribution in [0.1, 0.15) is 0 Å². The van der Waals surface area contributed by atoms with Crippen LogP contribution in [0.15, 0.2) is 192 Å². The summed E-state index contributed by atoms with van der Waals surface area (Å²) in [5.74, 6) is -2.71. The molecule has 8 aromatic rings. The minimum absolute atomic E-state index is 0.00808. The number of benzene rings is 8. The van der Waals surface area contributed by atoms with E-state index >= 15 is 0 Å². The fourth-order valence-electron chi connectivity index (χ4n) is 7.71. The molecule has 8 aromatic carbocycles. The number of fused-ring (bicyclic) bond motifs is 2. The molecule has 466 valence electrons. The number of nitro groups is 1. The monoisotopic (exact) mass is 1360 g/mol. The quantitative estimate of drug-likeness (QED) is 0.00483. The molecule has 0 fully saturated rings. The lowest BCUT2D eigenvalue weighted by atomic mass is 10.0. The summed E-state index contributed by atoms with van der Waals surface area (Å²) in [6, 6.07) is 22.4. The average molecular weight is 1370 g/mol. The van der Waals surface area contributed by atoms with E-state index in [1.54, 1.807) is 0 Å². The highest BCUT2D eigenvalue weighted by molar-refractivity contribution is 7.95. The van der Waals surface area contributed by atoms with E-state index in [1.165, 1.54) is 36.4 Å². The van der Waals surface area contributed by atoms with Gasteiger partial charge in [-0.1, -0.05) is 10.1 Å². The summed E-state index contributed by atoms with van der Waals surface area (Å²) in [6.07, 6.45) is 0. The first-order valence-electron chi connectivity index (χ1n) is 23.5. The van der Waals surface area contributed by atoms with Crippen LogP contribution in [0.4, 0.5) is 68.2 Å². The highest BCUT2D eigenvalue weighted by Crippen LogP contribution is 2.52. The molecule has 8 rings (SSSR count). The molecular formula is C46H36N12O24S7. The predicted molar refractivity (Wildman–Crippen MR) is 310 cm³/mol. The van der Waals surface area contributed by atoms with Gasteiger partial charge in [0.15, 0.2) is 21.3 Å². The van der Waals surface area contributed by atoms with Crippen LogP contribution in [0.2, 0.25) is 0 Å². The molecule has 43 heteroatoms. The van der Waals surface area contributed by atoms with Gasteiger partial charge < -0.3 is 21.7 Å². The Kier molecular flexibility index (Phi) is 19.9. The van der Waals surface area contributed by atoms with Gasteiger partial charge in [-0.3, -0.25) is 28.5 Å². The molecule has 12 N–H and O–H groups in total. The molecule has 0 saturated carbocycles. The molecule has 36 nitrogen and oxygen atoms in total. The number of aromatic hydroxyl groups is 2. The summed E-state index contributed by atoms with van der Waals surface area (Å²) in [5, 5.41) is 89.6. The summed E-state index contributed by atoms with van der Waals surface area (Å²) in [6.45, 7) is -0.899. The molecule has 0 atom stereocenters. The zero-order chi connectivity index (χ0) is 64.8. The number of nitro benzene ring substituents is 1. The van der Waals surface area contributed by atoms with Crippen LogP contribution in [0, 0.1) is 10.1 Å². The largest absolute Gasteiger partial charge is 0.505 e. The van der Waals surface area contributed by atoms with E-state index in [0.717, 1.165) is 84.9 Å². The highest BCUT2D eigenvalue weighted by atomic mass is 32.3. The zero-order valence-corrected chi connectivity index (χ0v) is 49.3. The van der Waals surface area contributed by atoms with Gasteiger partial charge in [0, 0.05) is 23.2 Å². The molecule has 0 aliphatic rings. The summed E-state index contributed by atoms with van der Waals surface area (Å²) in [7, 11) is -23.8. The number of phenolic OH excluding ortho intramolecular Hbond substituents is 2. The Hall–Kier alpha value is -8.87. The number of sulfonamides is 1. The standard InChI is InChI=1S/C46H36N12O24S7/c47-40-33(53-49-26-7-13-30(14-8-26)85(65,66)18-17-78-89(75,76)77)22-36(87(69,70)71)32-21-35(84-82-80-64)43(46(60)39(32)40)55-51-24-1-3-28(4-2-24)57-86(67,68)31-15-9-27(10-16-31)52-56-44-37(88(72,73)74)20-23-19-34(83-81-79-63)42(41(48)38(23)45(44)59)54-50-25-5-11-29(12-6-25)58(61)62/h1-16,19-22,57,59-60,63-64H,17-18,47-48H2,(H,69,70,71)(H,72,73,74)(H,75,76,77). The maximum atomic E-state index is 13.5. The third-order valence-corrected chi connectivity index (χ3v) is 18.2. The van der Waals surface area contributed by atoms with E-state index in [4.69, 9.17) is 26.5 Å². The average Bonchev–Trinajstić information content (AvgIpc) is 0.837. The van der Waals surface area contributed by atoms with Crippen molar-refractivity contribution < 1.29 is 104 Å². The minimum atomic E-state index is -5.20. The van der Waals surface area contributed by atoms with Crippen LogP contribution < -0.4 is 16.2 Å². The van der Waals surface area contributed by atoms with E-state index in [2.05, 4.69) is 68.6 Å². The van der Waals surface area contributed by atoms with Gasteiger partial charge in [-0.15, -0.1) is 29.1 Å². The highest BCUT2D eigenvalue weighted by Gasteiger charge is 2.28. The second-order valence-corrected chi connectivity index (χ2v) is 26.4. The van der Waals surface area contributed by atoms with Crippen LogP contribution in [-0.2, 0) is 73.4 Å². The van der Waals surface area contributed by atoms with Gasteiger partial charge in [0.05, 0.1) is 106 Å². The van der Waals surface area contributed by atoms with Crippen LogP contribution >= 0.6 is 24.1 Å². The van der Waals surface area contributed by atoms with Crippen LogP contribution in [0.25, 0.3) is 21.5 Å². The van der Waals surface area contributed by atoms with Crippen LogP contribution in [-0.4, -0.2) is 93.8 Å². The lowest BCUT2D eigenvalue weighted by Gasteiger charge is -2.14. The van der Waals surface area contributed by atoms with Gasteiger partial charge in [-0.05, 0) is 115 Å².